The van der Waals surface area contributed by atoms with Gasteiger partial charge in [0.15, 0.2) is 0 Å². The van der Waals surface area contributed by atoms with Crippen molar-refractivity contribution in [1.29, 1.82) is 0 Å². The smallest absolute Gasteiger partial charge is 0.293 e. The van der Waals surface area contributed by atoms with Crippen molar-refractivity contribution in [2.45, 2.75) is 25.1 Å². The Labute approximate surface area is 139 Å². The summed E-state index contributed by atoms with van der Waals surface area (Å²) in [4.78, 5) is 11.9. The average Bonchev–Trinajstić information content (AvgIpc) is 2.95. The first-order valence-electron chi connectivity index (χ1n) is 6.81. The molecule has 1 aromatic heterocycles. The number of rotatable bonds is 4. The van der Waals surface area contributed by atoms with Crippen LogP contribution in [0.5, 0.6) is 0 Å². The lowest BCUT2D eigenvalue weighted by Gasteiger charge is -2.17. The topological polar surface area (TPSA) is 92.3 Å². The number of nitrogens with one attached hydrogen (secondary N) is 1. The Bertz CT molecular complexity index is 795. The van der Waals surface area contributed by atoms with Crippen molar-refractivity contribution < 1.29 is 13.2 Å². The van der Waals surface area contributed by atoms with Gasteiger partial charge in [0, 0.05) is 12.5 Å². The van der Waals surface area contributed by atoms with Gasteiger partial charge in [-0.2, -0.15) is 8.42 Å². The zero-order valence-corrected chi connectivity index (χ0v) is 14.9. The number of sulfonamides is 1. The third-order valence-corrected chi connectivity index (χ3v) is 5.98. The number of carbonyl (C=O) groups is 1. The maximum absolute atomic E-state index is 12.5. The predicted octanol–water partition coefficient (Wildman–Crippen LogP) is 2.35. The summed E-state index contributed by atoms with van der Waals surface area (Å²) < 4.78 is 26.1. The molecular formula is C14H18N4O3S2. The molecule has 23 heavy (non-hydrogen) atoms. The quantitative estimate of drug-likeness (QED) is 0.851. The van der Waals surface area contributed by atoms with E-state index in [-0.39, 0.29) is 15.4 Å². The number of aromatic nitrogens is 2. The number of benzene rings is 1. The molecule has 1 amide bonds. The minimum absolute atomic E-state index is 0.157. The van der Waals surface area contributed by atoms with Gasteiger partial charge in [0.1, 0.15) is 0 Å². The Morgan fingerprint density at radius 1 is 1.17 bits per heavy atom. The van der Waals surface area contributed by atoms with Crippen molar-refractivity contribution >= 4 is 38.1 Å². The highest BCUT2D eigenvalue weighted by atomic mass is 32.2. The van der Waals surface area contributed by atoms with Crippen LogP contribution in [0.25, 0.3) is 0 Å². The first-order chi connectivity index (χ1) is 10.6. The highest BCUT2D eigenvalue weighted by Gasteiger charge is 2.28. The first-order valence-corrected chi connectivity index (χ1v) is 9.07. The van der Waals surface area contributed by atoms with Crippen molar-refractivity contribution in [1.82, 2.24) is 10.2 Å². The van der Waals surface area contributed by atoms with Crippen molar-refractivity contribution in [3.63, 3.8) is 0 Å². The monoisotopic (exact) mass is 354 g/mol. The molecule has 2 rings (SSSR count). The van der Waals surface area contributed by atoms with Crippen LogP contribution in [0, 0.1) is 5.41 Å². The SMILES string of the molecule is CN(c1ccccc1)S(=O)(=O)c1nnc(NC(=O)C(C)(C)C)s1. The summed E-state index contributed by atoms with van der Waals surface area (Å²) in [6.07, 6.45) is 0. The van der Waals surface area contributed by atoms with Gasteiger partial charge in [0.2, 0.25) is 11.0 Å². The van der Waals surface area contributed by atoms with Gasteiger partial charge in [-0.15, -0.1) is 10.2 Å². The lowest BCUT2D eigenvalue weighted by molar-refractivity contribution is -0.123. The van der Waals surface area contributed by atoms with Crippen LogP contribution in [0.4, 0.5) is 10.8 Å². The Kier molecular flexibility index (Phi) is 4.71. The van der Waals surface area contributed by atoms with E-state index < -0.39 is 15.4 Å². The summed E-state index contributed by atoms with van der Waals surface area (Å²) in [5.74, 6) is -0.256. The summed E-state index contributed by atoms with van der Waals surface area (Å²) >= 11 is 0.823. The van der Waals surface area contributed by atoms with Crippen molar-refractivity contribution in [3.05, 3.63) is 30.3 Å². The maximum atomic E-state index is 12.5. The molecule has 124 valence electrons. The van der Waals surface area contributed by atoms with Gasteiger partial charge in [-0.05, 0) is 12.1 Å². The first kappa shape index (κ1) is 17.4. The molecule has 0 spiro atoms. The van der Waals surface area contributed by atoms with Gasteiger partial charge in [-0.25, -0.2) is 0 Å². The van der Waals surface area contributed by atoms with E-state index in [1.807, 2.05) is 0 Å². The molecule has 7 nitrogen and oxygen atoms in total. The molecular weight excluding hydrogens is 336 g/mol. The summed E-state index contributed by atoms with van der Waals surface area (Å²) in [5.41, 5.74) is -0.0890. The van der Waals surface area contributed by atoms with E-state index in [0.29, 0.717) is 5.69 Å². The molecule has 1 N–H and O–H groups in total. The van der Waals surface area contributed by atoms with Crippen LogP contribution in [0.2, 0.25) is 0 Å². The lowest BCUT2D eigenvalue weighted by Crippen LogP contribution is -2.27. The molecule has 1 heterocycles. The maximum Gasteiger partial charge on any atom is 0.293 e. The second kappa shape index (κ2) is 6.25. The minimum Gasteiger partial charge on any atom is -0.300 e. The summed E-state index contributed by atoms with van der Waals surface area (Å²) in [6.45, 7) is 5.26. The fourth-order valence-electron chi connectivity index (χ4n) is 1.54. The van der Waals surface area contributed by atoms with Gasteiger partial charge in [-0.1, -0.05) is 50.3 Å². The summed E-state index contributed by atoms with van der Waals surface area (Å²) in [7, 11) is -2.37. The molecule has 0 atom stereocenters. The van der Waals surface area contributed by atoms with Crippen LogP contribution >= 0.6 is 11.3 Å². The van der Waals surface area contributed by atoms with Crippen LogP contribution in [0.1, 0.15) is 20.8 Å². The van der Waals surface area contributed by atoms with Gasteiger partial charge >= 0.3 is 0 Å². The van der Waals surface area contributed by atoms with E-state index in [2.05, 4.69) is 15.5 Å². The van der Waals surface area contributed by atoms with Crippen LogP contribution in [-0.4, -0.2) is 31.6 Å². The highest BCUT2D eigenvalue weighted by molar-refractivity contribution is 7.94. The Morgan fingerprint density at radius 2 is 1.78 bits per heavy atom. The molecule has 0 saturated heterocycles. The Morgan fingerprint density at radius 3 is 2.35 bits per heavy atom. The second-order valence-electron chi connectivity index (χ2n) is 5.89. The molecule has 0 aliphatic rings. The number of hydrogen-bond donors (Lipinski definition) is 1. The van der Waals surface area contributed by atoms with Gasteiger partial charge in [0.25, 0.3) is 14.4 Å². The molecule has 0 saturated carbocycles. The van der Waals surface area contributed by atoms with E-state index >= 15 is 0 Å². The van der Waals surface area contributed by atoms with E-state index in [0.717, 1.165) is 15.6 Å². The fourth-order valence-corrected chi connectivity index (χ4v) is 3.79. The van der Waals surface area contributed by atoms with Crippen molar-refractivity contribution in [3.8, 4) is 0 Å². The number of nitrogens with zero attached hydrogens (tertiary/aromatic N) is 3. The van der Waals surface area contributed by atoms with Crippen LogP contribution in [-0.2, 0) is 14.8 Å². The predicted molar refractivity (Wildman–Crippen MR) is 90.0 cm³/mol. The third-order valence-electron chi connectivity index (χ3n) is 3.01. The van der Waals surface area contributed by atoms with Crippen LogP contribution in [0.3, 0.4) is 0 Å². The van der Waals surface area contributed by atoms with E-state index in [1.54, 1.807) is 51.1 Å². The summed E-state index contributed by atoms with van der Waals surface area (Å²) in [6, 6.07) is 8.66. The molecule has 0 bridgehead atoms. The summed E-state index contributed by atoms with van der Waals surface area (Å²) in [5, 5.41) is 10.2. The molecule has 0 aliphatic heterocycles. The molecule has 1 aromatic carbocycles. The molecule has 0 fully saturated rings. The van der Waals surface area contributed by atoms with E-state index in [1.165, 1.54) is 7.05 Å². The zero-order chi connectivity index (χ0) is 17.3. The van der Waals surface area contributed by atoms with Crippen molar-refractivity contribution in [2.24, 2.45) is 5.41 Å². The van der Waals surface area contributed by atoms with E-state index in [9.17, 15) is 13.2 Å². The molecule has 0 aliphatic carbocycles. The third kappa shape index (κ3) is 3.85. The van der Waals surface area contributed by atoms with E-state index in [4.69, 9.17) is 0 Å². The number of hydrogen-bond acceptors (Lipinski definition) is 6. The molecule has 2 aromatic rings. The van der Waals surface area contributed by atoms with Gasteiger partial charge in [-0.3, -0.25) is 9.10 Å². The van der Waals surface area contributed by atoms with Crippen molar-refractivity contribution in [2.75, 3.05) is 16.7 Å². The van der Waals surface area contributed by atoms with Gasteiger partial charge < -0.3 is 5.32 Å². The number of amides is 1. The van der Waals surface area contributed by atoms with Gasteiger partial charge in [0.05, 0.1) is 5.69 Å². The Balaban J connectivity index is 2.24. The highest BCUT2D eigenvalue weighted by Crippen LogP contribution is 2.27. The molecule has 9 heteroatoms. The number of para-hydroxylation sites is 1. The largest absolute Gasteiger partial charge is 0.300 e. The van der Waals surface area contributed by atoms with Crippen LogP contribution < -0.4 is 9.62 Å². The molecule has 0 radical (unpaired) electrons. The average molecular weight is 354 g/mol. The standard InChI is InChI=1S/C14H18N4O3S2/c1-14(2,3)11(19)15-12-16-17-13(22-12)23(20,21)18(4)10-8-6-5-7-9-10/h5-9H,1-4H3,(H,15,16,19). The Hall–Kier alpha value is -2.00. The zero-order valence-electron chi connectivity index (χ0n) is 13.3. The lowest BCUT2D eigenvalue weighted by atomic mass is 9.96. The number of carbonyl (C=O) groups excluding carboxylic acids is 1. The second-order valence-corrected chi connectivity index (χ2v) is 9.01. The normalized spacial score (nSPS) is 12.0. The minimum atomic E-state index is -3.82. The van der Waals surface area contributed by atoms with Crippen LogP contribution in [0.15, 0.2) is 34.7 Å². The fraction of sp³-hybridized carbons (Fsp3) is 0.357. The molecule has 0 unspecified atom stereocenters. The number of anilines is 2.